The molecule has 1 fully saturated rings. The second-order valence-corrected chi connectivity index (χ2v) is 6.95. The first kappa shape index (κ1) is 16.8. The standard InChI is InChI=1S/C15H27NO4/c1-14(2,3)20-13(19)16-15(4,10-12(17)18)11-8-6-5-7-9-11/h11H,5-10H2,1-4H3,(H,16,19)(H,17,18). The maximum absolute atomic E-state index is 12.0. The van der Waals surface area contributed by atoms with E-state index in [4.69, 9.17) is 9.84 Å². The second-order valence-electron chi connectivity index (χ2n) is 6.95. The SMILES string of the molecule is CC(C)(C)OC(=O)NC(C)(CC(=O)O)C1CCCCC1. The minimum absolute atomic E-state index is 0.0725. The van der Waals surface area contributed by atoms with Gasteiger partial charge in [-0.15, -0.1) is 0 Å². The van der Waals surface area contributed by atoms with Crippen LogP contribution in [-0.4, -0.2) is 28.3 Å². The van der Waals surface area contributed by atoms with Crippen molar-refractivity contribution in [3.8, 4) is 0 Å². The number of nitrogens with one attached hydrogen (secondary N) is 1. The minimum Gasteiger partial charge on any atom is -0.481 e. The quantitative estimate of drug-likeness (QED) is 0.830. The monoisotopic (exact) mass is 285 g/mol. The number of carboxylic acid groups (broad SMARTS) is 1. The van der Waals surface area contributed by atoms with Gasteiger partial charge in [-0.3, -0.25) is 4.79 Å². The number of carbonyl (C=O) groups is 2. The number of amides is 1. The van der Waals surface area contributed by atoms with Crippen LogP contribution in [0.15, 0.2) is 0 Å². The number of hydrogen-bond acceptors (Lipinski definition) is 3. The molecule has 1 unspecified atom stereocenters. The summed E-state index contributed by atoms with van der Waals surface area (Å²) in [5.41, 5.74) is -1.32. The Bertz CT molecular complexity index is 355. The Kier molecular flexibility index (Phi) is 5.42. The zero-order valence-electron chi connectivity index (χ0n) is 13.0. The molecule has 0 saturated heterocycles. The molecule has 1 rings (SSSR count). The highest BCUT2D eigenvalue weighted by atomic mass is 16.6. The summed E-state index contributed by atoms with van der Waals surface area (Å²) in [4.78, 5) is 23.1. The molecule has 0 radical (unpaired) electrons. The predicted molar refractivity (Wildman–Crippen MR) is 76.6 cm³/mol. The van der Waals surface area contributed by atoms with Crippen LogP contribution in [0, 0.1) is 5.92 Å². The first-order chi connectivity index (χ1) is 9.12. The molecule has 5 nitrogen and oxygen atoms in total. The van der Waals surface area contributed by atoms with E-state index >= 15 is 0 Å². The molecule has 1 amide bonds. The van der Waals surface area contributed by atoms with Crippen LogP contribution in [0.5, 0.6) is 0 Å². The molecule has 1 saturated carbocycles. The van der Waals surface area contributed by atoms with E-state index in [1.165, 1.54) is 6.42 Å². The van der Waals surface area contributed by atoms with Crippen LogP contribution in [0.4, 0.5) is 4.79 Å². The number of rotatable bonds is 4. The summed E-state index contributed by atoms with van der Waals surface area (Å²) in [7, 11) is 0. The number of carbonyl (C=O) groups excluding carboxylic acids is 1. The third kappa shape index (κ3) is 5.39. The Morgan fingerprint density at radius 3 is 2.15 bits per heavy atom. The largest absolute Gasteiger partial charge is 0.481 e. The van der Waals surface area contributed by atoms with Gasteiger partial charge in [-0.05, 0) is 46.5 Å². The first-order valence-corrected chi connectivity index (χ1v) is 7.35. The molecule has 0 aromatic carbocycles. The summed E-state index contributed by atoms with van der Waals surface area (Å²) in [6.07, 6.45) is 4.68. The van der Waals surface area contributed by atoms with Crippen LogP contribution in [0.25, 0.3) is 0 Å². The van der Waals surface area contributed by atoms with Gasteiger partial charge in [0.2, 0.25) is 0 Å². The Morgan fingerprint density at radius 2 is 1.70 bits per heavy atom. The molecule has 0 spiro atoms. The van der Waals surface area contributed by atoms with Gasteiger partial charge in [-0.2, -0.15) is 0 Å². The summed E-state index contributed by atoms with van der Waals surface area (Å²) in [6.45, 7) is 7.20. The van der Waals surface area contributed by atoms with Crippen LogP contribution in [0.1, 0.15) is 66.2 Å². The van der Waals surface area contributed by atoms with Crippen molar-refractivity contribution in [3.05, 3.63) is 0 Å². The van der Waals surface area contributed by atoms with Crippen molar-refractivity contribution in [3.63, 3.8) is 0 Å². The number of alkyl carbamates (subject to hydrolysis) is 1. The molecule has 2 N–H and O–H groups in total. The van der Waals surface area contributed by atoms with Crippen LogP contribution < -0.4 is 5.32 Å². The van der Waals surface area contributed by atoms with Crippen molar-refractivity contribution in [1.82, 2.24) is 5.32 Å². The van der Waals surface area contributed by atoms with Crippen molar-refractivity contribution in [2.24, 2.45) is 5.92 Å². The molecule has 0 heterocycles. The molecule has 0 aromatic rings. The highest BCUT2D eigenvalue weighted by Gasteiger charge is 2.39. The van der Waals surface area contributed by atoms with Gasteiger partial charge in [0, 0.05) is 0 Å². The van der Waals surface area contributed by atoms with Crippen LogP contribution >= 0.6 is 0 Å². The summed E-state index contributed by atoms with van der Waals surface area (Å²) >= 11 is 0. The van der Waals surface area contributed by atoms with Gasteiger partial charge in [-0.25, -0.2) is 4.79 Å². The van der Waals surface area contributed by atoms with Gasteiger partial charge in [0.25, 0.3) is 0 Å². The van der Waals surface area contributed by atoms with E-state index in [1.54, 1.807) is 20.8 Å². The van der Waals surface area contributed by atoms with E-state index in [-0.39, 0.29) is 12.3 Å². The lowest BCUT2D eigenvalue weighted by Gasteiger charge is -2.39. The molecule has 116 valence electrons. The topological polar surface area (TPSA) is 75.6 Å². The summed E-state index contributed by atoms with van der Waals surface area (Å²) < 4.78 is 5.26. The van der Waals surface area contributed by atoms with Crippen molar-refractivity contribution in [2.75, 3.05) is 0 Å². The van der Waals surface area contributed by atoms with Crippen LogP contribution in [0.2, 0.25) is 0 Å². The zero-order chi connectivity index (χ0) is 15.4. The highest BCUT2D eigenvalue weighted by molar-refractivity contribution is 5.73. The number of hydrogen-bond donors (Lipinski definition) is 2. The van der Waals surface area contributed by atoms with Crippen molar-refractivity contribution >= 4 is 12.1 Å². The first-order valence-electron chi connectivity index (χ1n) is 7.35. The number of ether oxygens (including phenoxy) is 1. The third-order valence-electron chi connectivity index (χ3n) is 3.81. The predicted octanol–water partition coefficient (Wildman–Crippen LogP) is 3.32. The Hall–Kier alpha value is -1.26. The number of carboxylic acids is 1. The molecule has 1 aliphatic carbocycles. The summed E-state index contributed by atoms with van der Waals surface area (Å²) in [5.74, 6) is -0.700. The third-order valence-corrected chi connectivity index (χ3v) is 3.81. The lowest BCUT2D eigenvalue weighted by molar-refractivity contribution is -0.139. The van der Waals surface area contributed by atoms with Gasteiger partial charge < -0.3 is 15.2 Å². The molecule has 0 aromatic heterocycles. The fourth-order valence-corrected chi connectivity index (χ4v) is 2.88. The lowest BCUT2D eigenvalue weighted by atomic mass is 9.74. The fraction of sp³-hybridized carbons (Fsp3) is 0.867. The molecule has 0 aliphatic heterocycles. The maximum atomic E-state index is 12.0. The number of aliphatic carboxylic acids is 1. The van der Waals surface area contributed by atoms with E-state index < -0.39 is 23.2 Å². The molecule has 5 heteroatoms. The zero-order valence-corrected chi connectivity index (χ0v) is 13.0. The fourth-order valence-electron chi connectivity index (χ4n) is 2.88. The van der Waals surface area contributed by atoms with Gasteiger partial charge in [0.05, 0.1) is 12.0 Å². The van der Waals surface area contributed by atoms with Gasteiger partial charge in [0.15, 0.2) is 0 Å². The Balaban J connectivity index is 2.76. The van der Waals surface area contributed by atoms with Gasteiger partial charge >= 0.3 is 12.1 Å². The summed E-state index contributed by atoms with van der Waals surface area (Å²) in [5, 5.41) is 11.9. The molecular weight excluding hydrogens is 258 g/mol. The maximum Gasteiger partial charge on any atom is 0.408 e. The average molecular weight is 285 g/mol. The second kappa shape index (κ2) is 6.46. The summed E-state index contributed by atoms with van der Waals surface area (Å²) in [6, 6.07) is 0. The van der Waals surface area contributed by atoms with E-state index in [0.29, 0.717) is 0 Å². The van der Waals surface area contributed by atoms with Crippen LogP contribution in [0.3, 0.4) is 0 Å². The van der Waals surface area contributed by atoms with Crippen molar-refractivity contribution in [2.45, 2.75) is 77.4 Å². The Labute approximate surface area is 121 Å². The average Bonchev–Trinajstić information content (AvgIpc) is 2.26. The molecule has 1 aliphatic rings. The highest BCUT2D eigenvalue weighted by Crippen LogP contribution is 2.35. The van der Waals surface area contributed by atoms with E-state index in [1.807, 2.05) is 6.92 Å². The van der Waals surface area contributed by atoms with E-state index in [2.05, 4.69) is 5.32 Å². The van der Waals surface area contributed by atoms with Crippen molar-refractivity contribution in [1.29, 1.82) is 0 Å². The van der Waals surface area contributed by atoms with Gasteiger partial charge in [0.1, 0.15) is 5.60 Å². The minimum atomic E-state index is -0.894. The lowest BCUT2D eigenvalue weighted by Crippen LogP contribution is -2.54. The molecule has 0 bridgehead atoms. The molecule has 1 atom stereocenters. The van der Waals surface area contributed by atoms with Gasteiger partial charge in [-0.1, -0.05) is 19.3 Å². The Morgan fingerprint density at radius 1 is 1.15 bits per heavy atom. The smallest absolute Gasteiger partial charge is 0.408 e. The van der Waals surface area contributed by atoms with Crippen molar-refractivity contribution < 1.29 is 19.4 Å². The van der Waals surface area contributed by atoms with E-state index in [9.17, 15) is 9.59 Å². The molecule has 20 heavy (non-hydrogen) atoms. The van der Waals surface area contributed by atoms with E-state index in [0.717, 1.165) is 25.7 Å². The van der Waals surface area contributed by atoms with Crippen LogP contribution in [-0.2, 0) is 9.53 Å². The normalized spacial score (nSPS) is 20.0. The molecular formula is C15H27NO4.